The van der Waals surface area contributed by atoms with Crippen LogP contribution in [0.15, 0.2) is 23.1 Å². The Morgan fingerprint density at radius 1 is 1.39 bits per heavy atom. The SMILES string of the molecule is CN(C)S(=O)(=O)c1cccc(OC2COC2)c1N. The Balaban J connectivity index is 2.35. The number of nitrogens with two attached hydrogens (primary N) is 1. The predicted molar refractivity (Wildman–Crippen MR) is 67.0 cm³/mol. The second-order valence-corrected chi connectivity index (χ2v) is 6.35. The Hall–Kier alpha value is -1.31. The van der Waals surface area contributed by atoms with Crippen LogP contribution in [-0.4, -0.2) is 46.1 Å². The van der Waals surface area contributed by atoms with E-state index >= 15 is 0 Å². The lowest BCUT2D eigenvalue weighted by Crippen LogP contribution is -2.38. The molecule has 0 saturated carbocycles. The molecule has 18 heavy (non-hydrogen) atoms. The van der Waals surface area contributed by atoms with Gasteiger partial charge in [-0.15, -0.1) is 0 Å². The van der Waals surface area contributed by atoms with Crippen LogP contribution in [0.3, 0.4) is 0 Å². The molecule has 0 amide bonds. The van der Waals surface area contributed by atoms with Crippen LogP contribution in [0.4, 0.5) is 5.69 Å². The van der Waals surface area contributed by atoms with Crippen LogP contribution < -0.4 is 10.5 Å². The zero-order valence-corrected chi connectivity index (χ0v) is 11.1. The Morgan fingerprint density at radius 3 is 2.56 bits per heavy atom. The van der Waals surface area contributed by atoms with Crippen LogP contribution in [0, 0.1) is 0 Å². The van der Waals surface area contributed by atoms with Gasteiger partial charge in [-0.3, -0.25) is 0 Å². The van der Waals surface area contributed by atoms with Gasteiger partial charge < -0.3 is 15.2 Å². The van der Waals surface area contributed by atoms with Gasteiger partial charge in [-0.1, -0.05) is 6.07 Å². The summed E-state index contributed by atoms with van der Waals surface area (Å²) in [5.41, 5.74) is 6.00. The summed E-state index contributed by atoms with van der Waals surface area (Å²) in [4.78, 5) is 0.0604. The van der Waals surface area contributed by atoms with Crippen LogP contribution in [0.2, 0.25) is 0 Å². The number of hydrogen-bond donors (Lipinski definition) is 1. The molecule has 2 rings (SSSR count). The van der Waals surface area contributed by atoms with Crippen molar-refractivity contribution in [3.8, 4) is 5.75 Å². The lowest BCUT2D eigenvalue weighted by Gasteiger charge is -2.27. The maximum atomic E-state index is 12.0. The standard InChI is InChI=1S/C11H16N2O4S/c1-13(2)18(14,15)10-5-3-4-9(11(10)12)17-8-6-16-7-8/h3-5,8H,6-7,12H2,1-2H3. The van der Waals surface area contributed by atoms with E-state index in [1.165, 1.54) is 20.2 Å². The molecule has 0 radical (unpaired) electrons. The molecule has 0 atom stereocenters. The predicted octanol–water partition coefficient (Wildman–Crippen LogP) is 0.297. The molecule has 1 fully saturated rings. The van der Waals surface area contributed by atoms with Gasteiger partial charge in [0, 0.05) is 14.1 Å². The molecule has 1 aliphatic rings. The molecule has 0 spiro atoms. The van der Waals surface area contributed by atoms with Gasteiger partial charge in [-0.2, -0.15) is 0 Å². The maximum absolute atomic E-state index is 12.0. The van der Waals surface area contributed by atoms with Crippen molar-refractivity contribution in [2.75, 3.05) is 33.0 Å². The minimum absolute atomic E-state index is 0.0513. The van der Waals surface area contributed by atoms with Crippen LogP contribution >= 0.6 is 0 Å². The molecule has 1 aromatic rings. The molecular weight excluding hydrogens is 256 g/mol. The minimum Gasteiger partial charge on any atom is -0.483 e. The molecular formula is C11H16N2O4S. The Morgan fingerprint density at radius 2 is 2.06 bits per heavy atom. The molecule has 1 aromatic carbocycles. The van der Waals surface area contributed by atoms with E-state index in [1.54, 1.807) is 12.1 Å². The summed E-state index contributed by atoms with van der Waals surface area (Å²) in [6.07, 6.45) is -0.0513. The van der Waals surface area contributed by atoms with E-state index in [0.29, 0.717) is 19.0 Å². The van der Waals surface area contributed by atoms with Gasteiger partial charge in [0.15, 0.2) is 0 Å². The van der Waals surface area contributed by atoms with E-state index in [9.17, 15) is 8.42 Å². The smallest absolute Gasteiger partial charge is 0.244 e. The van der Waals surface area contributed by atoms with Gasteiger partial charge in [0.25, 0.3) is 0 Å². The molecule has 7 heteroatoms. The zero-order valence-electron chi connectivity index (χ0n) is 10.3. The molecule has 0 bridgehead atoms. The molecule has 0 unspecified atom stereocenters. The molecule has 1 saturated heterocycles. The highest BCUT2D eigenvalue weighted by Crippen LogP contribution is 2.31. The fourth-order valence-electron chi connectivity index (χ4n) is 1.51. The number of para-hydroxylation sites is 1. The Bertz CT molecular complexity index is 538. The van der Waals surface area contributed by atoms with Crippen molar-refractivity contribution in [2.45, 2.75) is 11.0 Å². The first kappa shape index (κ1) is 13.1. The summed E-state index contributed by atoms with van der Waals surface area (Å²) in [5, 5.41) is 0. The molecule has 2 N–H and O–H groups in total. The van der Waals surface area contributed by atoms with E-state index < -0.39 is 10.0 Å². The third kappa shape index (κ3) is 2.29. The summed E-state index contributed by atoms with van der Waals surface area (Å²) >= 11 is 0. The van der Waals surface area contributed by atoms with Gasteiger partial charge >= 0.3 is 0 Å². The largest absolute Gasteiger partial charge is 0.483 e. The van der Waals surface area contributed by atoms with Gasteiger partial charge in [-0.25, -0.2) is 12.7 Å². The lowest BCUT2D eigenvalue weighted by atomic mass is 10.2. The topological polar surface area (TPSA) is 81.9 Å². The van der Waals surface area contributed by atoms with Gasteiger partial charge in [0.05, 0.1) is 18.9 Å². The first-order chi connectivity index (χ1) is 8.43. The number of ether oxygens (including phenoxy) is 2. The van der Waals surface area contributed by atoms with Gasteiger partial charge in [0.2, 0.25) is 10.0 Å². The normalized spacial score (nSPS) is 16.6. The fourth-order valence-corrected chi connectivity index (χ4v) is 2.53. The minimum atomic E-state index is -3.56. The molecule has 1 heterocycles. The fraction of sp³-hybridized carbons (Fsp3) is 0.455. The number of sulfonamides is 1. The average molecular weight is 272 g/mol. The number of rotatable bonds is 4. The number of anilines is 1. The molecule has 0 aliphatic carbocycles. The molecule has 1 aliphatic heterocycles. The monoisotopic (exact) mass is 272 g/mol. The van der Waals surface area contributed by atoms with Crippen LogP contribution in [0.5, 0.6) is 5.75 Å². The highest BCUT2D eigenvalue weighted by molar-refractivity contribution is 7.89. The van der Waals surface area contributed by atoms with E-state index in [4.69, 9.17) is 15.2 Å². The maximum Gasteiger partial charge on any atom is 0.244 e. The Kier molecular flexibility index (Phi) is 3.47. The first-order valence-corrected chi connectivity index (χ1v) is 6.92. The van der Waals surface area contributed by atoms with Gasteiger partial charge in [0.1, 0.15) is 16.7 Å². The van der Waals surface area contributed by atoms with E-state index in [0.717, 1.165) is 4.31 Å². The van der Waals surface area contributed by atoms with E-state index in [1.807, 2.05) is 0 Å². The molecule has 100 valence electrons. The average Bonchev–Trinajstić information content (AvgIpc) is 2.24. The summed E-state index contributed by atoms with van der Waals surface area (Å²) in [7, 11) is -0.637. The third-order valence-corrected chi connectivity index (χ3v) is 4.56. The van der Waals surface area contributed by atoms with E-state index in [-0.39, 0.29) is 16.7 Å². The number of nitrogens with zero attached hydrogens (tertiary/aromatic N) is 1. The van der Waals surface area contributed by atoms with Crippen molar-refractivity contribution < 1.29 is 17.9 Å². The van der Waals surface area contributed by atoms with Crippen molar-refractivity contribution in [2.24, 2.45) is 0 Å². The van der Waals surface area contributed by atoms with Crippen molar-refractivity contribution in [1.29, 1.82) is 0 Å². The lowest BCUT2D eigenvalue weighted by molar-refractivity contribution is -0.0794. The first-order valence-electron chi connectivity index (χ1n) is 5.48. The second kappa shape index (κ2) is 4.75. The van der Waals surface area contributed by atoms with Crippen molar-refractivity contribution in [1.82, 2.24) is 4.31 Å². The number of hydrogen-bond acceptors (Lipinski definition) is 5. The summed E-state index contributed by atoms with van der Waals surface area (Å²) < 4.78 is 35.8. The summed E-state index contributed by atoms with van der Waals surface area (Å²) in [6, 6.07) is 4.73. The highest BCUT2D eigenvalue weighted by Gasteiger charge is 2.25. The number of benzene rings is 1. The summed E-state index contributed by atoms with van der Waals surface area (Å²) in [5.74, 6) is 0.381. The molecule has 6 nitrogen and oxygen atoms in total. The van der Waals surface area contributed by atoms with Crippen LogP contribution in [0.1, 0.15) is 0 Å². The van der Waals surface area contributed by atoms with Crippen LogP contribution in [0.25, 0.3) is 0 Å². The van der Waals surface area contributed by atoms with Crippen molar-refractivity contribution in [3.63, 3.8) is 0 Å². The van der Waals surface area contributed by atoms with Crippen LogP contribution in [-0.2, 0) is 14.8 Å². The van der Waals surface area contributed by atoms with Crippen molar-refractivity contribution >= 4 is 15.7 Å². The highest BCUT2D eigenvalue weighted by atomic mass is 32.2. The summed E-state index contributed by atoms with van der Waals surface area (Å²) in [6.45, 7) is 1.01. The zero-order chi connectivity index (χ0) is 13.3. The Labute approximate surface area is 106 Å². The van der Waals surface area contributed by atoms with E-state index in [2.05, 4.69) is 0 Å². The number of nitrogen functional groups attached to an aromatic ring is 1. The van der Waals surface area contributed by atoms with Gasteiger partial charge in [-0.05, 0) is 12.1 Å². The second-order valence-electron chi connectivity index (χ2n) is 4.23. The third-order valence-electron chi connectivity index (χ3n) is 2.69. The molecule has 0 aromatic heterocycles. The quantitative estimate of drug-likeness (QED) is 0.797. The van der Waals surface area contributed by atoms with Crippen molar-refractivity contribution in [3.05, 3.63) is 18.2 Å².